The molecule has 0 aliphatic heterocycles. The van der Waals surface area contributed by atoms with E-state index in [2.05, 4.69) is 11.4 Å². The molecule has 12 heavy (non-hydrogen) atoms. The predicted octanol–water partition coefficient (Wildman–Crippen LogP) is -0.253. The molecule has 0 saturated heterocycles. The highest BCUT2D eigenvalue weighted by atomic mass is 16.4. The third-order valence-electron chi connectivity index (χ3n) is 1.47. The lowest BCUT2D eigenvalue weighted by Crippen LogP contribution is -2.34. The van der Waals surface area contributed by atoms with E-state index in [-0.39, 0.29) is 6.04 Å². The fourth-order valence-corrected chi connectivity index (χ4v) is 0.788. The Morgan fingerprint density at radius 1 is 1.75 bits per heavy atom. The van der Waals surface area contributed by atoms with E-state index in [1.807, 2.05) is 6.92 Å². The minimum atomic E-state index is -0.936. The first-order valence-electron chi connectivity index (χ1n) is 3.77. The Kier molecular flexibility index (Phi) is 4.89. The lowest BCUT2D eigenvalue weighted by Gasteiger charge is -2.11. The Morgan fingerprint density at radius 2 is 2.33 bits per heavy atom. The smallest absolute Gasteiger partial charge is 0.326 e. The van der Waals surface area contributed by atoms with Gasteiger partial charge in [0, 0.05) is 12.1 Å². The summed E-state index contributed by atoms with van der Waals surface area (Å²) < 4.78 is 0. The molecule has 0 amide bonds. The zero-order valence-electron chi connectivity index (χ0n) is 7.08. The maximum absolute atomic E-state index is 10.5. The summed E-state index contributed by atoms with van der Waals surface area (Å²) in [5.74, 6) is -0.936. The minimum Gasteiger partial charge on any atom is -0.480 e. The lowest BCUT2D eigenvalue weighted by molar-refractivity contribution is -0.139. The fraction of sp³-hybridized carbons (Fsp3) is 0.625. The highest BCUT2D eigenvalue weighted by Gasteiger charge is 2.15. The largest absolute Gasteiger partial charge is 0.480 e. The van der Waals surface area contributed by atoms with Crippen molar-refractivity contribution in [3.63, 3.8) is 0 Å². The zero-order valence-corrected chi connectivity index (χ0v) is 7.08. The number of hydrogen-bond acceptors (Lipinski definition) is 3. The number of nitrogens with one attached hydrogen (secondary N) is 1. The van der Waals surface area contributed by atoms with Gasteiger partial charge < -0.3 is 16.2 Å². The van der Waals surface area contributed by atoms with Crippen LogP contribution in [-0.2, 0) is 4.79 Å². The molecule has 0 aromatic heterocycles. The number of nitrogens with two attached hydrogens (primary N) is 1. The Hall–Kier alpha value is -1.21. The van der Waals surface area contributed by atoms with Gasteiger partial charge in [0.2, 0.25) is 0 Å². The second-order valence-electron chi connectivity index (χ2n) is 2.73. The van der Waals surface area contributed by atoms with Crippen LogP contribution >= 0.6 is 0 Å². The van der Waals surface area contributed by atoms with Gasteiger partial charge in [0.15, 0.2) is 0 Å². The number of hydrogen-bond donors (Lipinski definition) is 3. The minimum absolute atomic E-state index is 0.00595. The van der Waals surface area contributed by atoms with Crippen LogP contribution in [0.5, 0.6) is 0 Å². The first-order valence-corrected chi connectivity index (χ1v) is 3.77. The maximum atomic E-state index is 10.5. The Labute approximate surface area is 72.1 Å². The summed E-state index contributed by atoms with van der Waals surface area (Å²) in [5, 5.41) is 11.0. The maximum Gasteiger partial charge on any atom is 0.326 e. The molecule has 0 aromatic carbocycles. The van der Waals surface area contributed by atoms with Gasteiger partial charge >= 0.3 is 5.97 Å². The van der Waals surface area contributed by atoms with Gasteiger partial charge in [0.05, 0.1) is 0 Å². The molecule has 0 radical (unpaired) electrons. The molecule has 0 bridgehead atoms. The SMILES string of the molecule is C#CN[C@@H](CCC(C)N)C(=O)O. The topological polar surface area (TPSA) is 75.3 Å². The number of carboxylic acid groups (broad SMARTS) is 1. The molecule has 0 spiro atoms. The fourth-order valence-electron chi connectivity index (χ4n) is 0.788. The van der Waals surface area contributed by atoms with E-state index in [1.165, 1.54) is 0 Å². The van der Waals surface area contributed by atoms with Crippen LogP contribution in [0.3, 0.4) is 0 Å². The van der Waals surface area contributed by atoms with Gasteiger partial charge in [-0.25, -0.2) is 4.79 Å². The molecule has 68 valence electrons. The highest BCUT2D eigenvalue weighted by molar-refractivity contribution is 5.73. The molecule has 0 fully saturated rings. The van der Waals surface area contributed by atoms with Crippen molar-refractivity contribution in [1.82, 2.24) is 5.32 Å². The standard InChI is InChI=1S/C8H14N2O2/c1-3-10-7(8(11)12)5-4-6(2)9/h1,6-7,10H,4-5,9H2,2H3,(H,11,12)/t6?,7-/m0/s1. The first-order chi connectivity index (χ1) is 5.57. The predicted molar refractivity (Wildman–Crippen MR) is 46.3 cm³/mol. The molecule has 1 unspecified atom stereocenters. The number of terminal acetylenes is 1. The van der Waals surface area contributed by atoms with E-state index in [0.29, 0.717) is 12.8 Å². The summed E-state index contributed by atoms with van der Waals surface area (Å²) in [6, 6.07) is 1.43. The summed E-state index contributed by atoms with van der Waals surface area (Å²) in [4.78, 5) is 10.5. The van der Waals surface area contributed by atoms with E-state index in [9.17, 15) is 4.79 Å². The summed E-state index contributed by atoms with van der Waals surface area (Å²) in [5.41, 5.74) is 5.46. The number of carboxylic acids is 1. The van der Waals surface area contributed by atoms with Crippen LogP contribution in [0.15, 0.2) is 0 Å². The van der Waals surface area contributed by atoms with Crippen LogP contribution in [0.1, 0.15) is 19.8 Å². The molecule has 0 aliphatic carbocycles. The number of carbonyl (C=O) groups is 1. The third kappa shape index (κ3) is 4.58. The molecule has 0 aromatic rings. The van der Waals surface area contributed by atoms with Crippen molar-refractivity contribution >= 4 is 5.97 Å². The summed E-state index contributed by atoms with van der Waals surface area (Å²) in [6.07, 6.45) is 6.02. The van der Waals surface area contributed by atoms with Crippen molar-refractivity contribution in [2.75, 3.05) is 0 Å². The molecule has 0 saturated carbocycles. The van der Waals surface area contributed by atoms with Crippen LogP contribution < -0.4 is 11.1 Å². The second-order valence-corrected chi connectivity index (χ2v) is 2.73. The molecule has 4 nitrogen and oxygen atoms in total. The second kappa shape index (κ2) is 5.44. The van der Waals surface area contributed by atoms with E-state index in [4.69, 9.17) is 17.3 Å². The van der Waals surface area contributed by atoms with Crippen molar-refractivity contribution in [3.05, 3.63) is 0 Å². The van der Waals surface area contributed by atoms with Crippen molar-refractivity contribution in [2.24, 2.45) is 5.73 Å². The van der Waals surface area contributed by atoms with Crippen LogP contribution in [0.25, 0.3) is 0 Å². The normalized spacial score (nSPS) is 14.4. The van der Waals surface area contributed by atoms with Crippen LogP contribution in [0.2, 0.25) is 0 Å². The summed E-state index contributed by atoms with van der Waals surface area (Å²) in [7, 11) is 0. The average Bonchev–Trinajstić information content (AvgIpc) is 1.96. The van der Waals surface area contributed by atoms with Crippen molar-refractivity contribution in [2.45, 2.75) is 31.8 Å². The number of rotatable bonds is 5. The van der Waals surface area contributed by atoms with E-state index < -0.39 is 12.0 Å². The van der Waals surface area contributed by atoms with Gasteiger partial charge in [-0.15, -0.1) is 0 Å². The molecular weight excluding hydrogens is 156 g/mol. The van der Waals surface area contributed by atoms with E-state index >= 15 is 0 Å². The third-order valence-corrected chi connectivity index (χ3v) is 1.47. The average molecular weight is 170 g/mol. The molecule has 0 aliphatic rings. The first kappa shape index (κ1) is 10.8. The van der Waals surface area contributed by atoms with Crippen LogP contribution in [0, 0.1) is 12.5 Å². The molecule has 4 heteroatoms. The molecule has 2 atom stereocenters. The molecule has 0 heterocycles. The van der Waals surface area contributed by atoms with Gasteiger partial charge in [0.1, 0.15) is 6.04 Å². The summed E-state index contributed by atoms with van der Waals surface area (Å²) in [6.45, 7) is 1.83. The lowest BCUT2D eigenvalue weighted by atomic mass is 10.1. The van der Waals surface area contributed by atoms with Crippen molar-refractivity contribution < 1.29 is 9.90 Å². The zero-order chi connectivity index (χ0) is 9.56. The van der Waals surface area contributed by atoms with Gasteiger partial charge in [-0.3, -0.25) is 0 Å². The van der Waals surface area contributed by atoms with E-state index in [1.54, 1.807) is 0 Å². The van der Waals surface area contributed by atoms with Gasteiger partial charge in [0.25, 0.3) is 0 Å². The highest BCUT2D eigenvalue weighted by Crippen LogP contribution is 1.99. The molecule has 4 N–H and O–H groups in total. The number of aliphatic carboxylic acids is 1. The molecular formula is C8H14N2O2. The quantitative estimate of drug-likeness (QED) is 0.393. The van der Waals surface area contributed by atoms with E-state index in [0.717, 1.165) is 0 Å². The monoisotopic (exact) mass is 170 g/mol. The van der Waals surface area contributed by atoms with Crippen molar-refractivity contribution in [3.8, 4) is 12.5 Å². The molecule has 0 rings (SSSR count). The Bertz CT molecular complexity index is 184. The Morgan fingerprint density at radius 3 is 2.67 bits per heavy atom. The van der Waals surface area contributed by atoms with Crippen molar-refractivity contribution in [1.29, 1.82) is 0 Å². The van der Waals surface area contributed by atoms with Gasteiger partial charge in [-0.1, -0.05) is 6.42 Å². The van der Waals surface area contributed by atoms with Crippen LogP contribution in [-0.4, -0.2) is 23.2 Å². The van der Waals surface area contributed by atoms with Crippen LogP contribution in [0.4, 0.5) is 0 Å². The van der Waals surface area contributed by atoms with Gasteiger partial charge in [-0.2, -0.15) is 0 Å². The summed E-state index contributed by atoms with van der Waals surface area (Å²) >= 11 is 0. The Balaban J connectivity index is 3.81. The van der Waals surface area contributed by atoms with Gasteiger partial charge in [-0.05, 0) is 19.8 Å².